The molecule has 2 aromatic heterocycles. The van der Waals surface area contributed by atoms with Gasteiger partial charge in [0.1, 0.15) is 11.5 Å². The molecule has 0 radical (unpaired) electrons. The molecule has 0 aromatic carbocycles. The Morgan fingerprint density at radius 2 is 2.37 bits per heavy atom. The number of likely N-dealkylation sites (tertiary alicyclic amines) is 1. The van der Waals surface area contributed by atoms with E-state index in [9.17, 15) is 0 Å². The highest BCUT2D eigenvalue weighted by atomic mass is 16.5. The molecule has 1 unspecified atom stereocenters. The first-order valence-corrected chi connectivity index (χ1v) is 6.90. The van der Waals surface area contributed by atoms with Crippen molar-refractivity contribution in [1.82, 2.24) is 15.0 Å². The van der Waals surface area contributed by atoms with Gasteiger partial charge in [0.2, 0.25) is 0 Å². The molecule has 3 heterocycles. The topological polar surface area (TPSA) is 42.2 Å². The minimum absolute atomic E-state index is 0.418. The van der Waals surface area contributed by atoms with Crippen LogP contribution in [0, 0.1) is 6.92 Å². The zero-order valence-corrected chi connectivity index (χ0v) is 11.2. The van der Waals surface area contributed by atoms with Crippen molar-refractivity contribution in [3.63, 3.8) is 0 Å². The lowest BCUT2D eigenvalue weighted by Crippen LogP contribution is -2.26. The fraction of sp³-hybridized carbons (Fsp3) is 0.467. The van der Waals surface area contributed by atoms with Crippen LogP contribution in [0.2, 0.25) is 0 Å². The lowest BCUT2D eigenvalue weighted by molar-refractivity contribution is 0.247. The van der Waals surface area contributed by atoms with Crippen molar-refractivity contribution >= 4 is 0 Å². The zero-order valence-electron chi connectivity index (χ0n) is 11.2. The highest BCUT2D eigenvalue weighted by molar-refractivity contribution is 5.11. The van der Waals surface area contributed by atoms with E-state index in [1.165, 1.54) is 12.8 Å². The first-order chi connectivity index (χ1) is 9.33. The fourth-order valence-corrected chi connectivity index (χ4v) is 2.78. The van der Waals surface area contributed by atoms with Crippen LogP contribution in [0.1, 0.15) is 36.0 Å². The molecule has 4 heteroatoms. The van der Waals surface area contributed by atoms with E-state index in [1.54, 1.807) is 0 Å². The molecule has 0 saturated carbocycles. The SMILES string of the molecule is Cc1cc(C2CCCN2CCc2ccccn2)no1. The number of aryl methyl sites for hydroxylation is 1. The molecule has 2 aromatic rings. The van der Waals surface area contributed by atoms with Gasteiger partial charge in [-0.05, 0) is 38.4 Å². The van der Waals surface area contributed by atoms with Crippen LogP contribution in [-0.2, 0) is 6.42 Å². The van der Waals surface area contributed by atoms with Crippen molar-refractivity contribution in [2.75, 3.05) is 13.1 Å². The standard InChI is InChI=1S/C15H19N3O/c1-12-11-14(17-19-12)15-6-4-9-18(15)10-7-13-5-2-3-8-16-13/h2-3,5,8,11,15H,4,6-7,9-10H2,1H3. The maximum Gasteiger partial charge on any atom is 0.133 e. The molecule has 1 saturated heterocycles. The molecule has 1 aliphatic rings. The maximum absolute atomic E-state index is 5.20. The number of nitrogens with zero attached hydrogens (tertiary/aromatic N) is 3. The van der Waals surface area contributed by atoms with Crippen molar-refractivity contribution in [3.05, 3.63) is 47.6 Å². The van der Waals surface area contributed by atoms with Crippen LogP contribution in [0.4, 0.5) is 0 Å². The van der Waals surface area contributed by atoms with Gasteiger partial charge in [0.25, 0.3) is 0 Å². The van der Waals surface area contributed by atoms with Crippen molar-refractivity contribution in [2.24, 2.45) is 0 Å². The highest BCUT2D eigenvalue weighted by Crippen LogP contribution is 2.31. The average Bonchev–Trinajstić information content (AvgIpc) is 3.06. The molecule has 1 aliphatic heterocycles. The van der Waals surface area contributed by atoms with Crippen LogP contribution in [-0.4, -0.2) is 28.1 Å². The van der Waals surface area contributed by atoms with Gasteiger partial charge in [0.05, 0.1) is 6.04 Å². The molecule has 0 amide bonds. The van der Waals surface area contributed by atoms with Crippen LogP contribution in [0.25, 0.3) is 0 Å². The zero-order chi connectivity index (χ0) is 13.1. The summed E-state index contributed by atoms with van der Waals surface area (Å²) in [4.78, 5) is 6.87. The van der Waals surface area contributed by atoms with E-state index in [0.29, 0.717) is 6.04 Å². The summed E-state index contributed by atoms with van der Waals surface area (Å²) in [6.07, 6.45) is 5.26. The predicted octanol–water partition coefficient (Wildman–Crippen LogP) is 2.76. The van der Waals surface area contributed by atoms with Crippen LogP contribution < -0.4 is 0 Å². The molecular formula is C15H19N3O. The van der Waals surface area contributed by atoms with E-state index in [1.807, 2.05) is 25.3 Å². The summed E-state index contributed by atoms with van der Waals surface area (Å²) in [5.74, 6) is 0.895. The Hall–Kier alpha value is -1.68. The van der Waals surface area contributed by atoms with E-state index in [0.717, 1.165) is 36.7 Å². The monoisotopic (exact) mass is 257 g/mol. The third kappa shape index (κ3) is 2.84. The Kier molecular flexibility index (Phi) is 3.60. The third-order valence-electron chi connectivity index (χ3n) is 3.73. The summed E-state index contributed by atoms with van der Waals surface area (Å²) in [6, 6.07) is 8.57. The molecule has 4 nitrogen and oxygen atoms in total. The number of pyridine rings is 1. The Labute approximate surface area is 113 Å². The third-order valence-corrected chi connectivity index (χ3v) is 3.73. The van der Waals surface area contributed by atoms with Gasteiger partial charge in [0.15, 0.2) is 0 Å². The normalized spacial score (nSPS) is 19.9. The summed E-state index contributed by atoms with van der Waals surface area (Å²) in [5.41, 5.74) is 2.24. The predicted molar refractivity (Wildman–Crippen MR) is 72.7 cm³/mol. The smallest absolute Gasteiger partial charge is 0.133 e. The highest BCUT2D eigenvalue weighted by Gasteiger charge is 2.27. The lowest BCUT2D eigenvalue weighted by Gasteiger charge is -2.22. The van der Waals surface area contributed by atoms with Crippen molar-refractivity contribution in [3.8, 4) is 0 Å². The molecule has 1 fully saturated rings. The first kappa shape index (κ1) is 12.4. The van der Waals surface area contributed by atoms with Gasteiger partial charge in [-0.15, -0.1) is 0 Å². The molecule has 0 aliphatic carbocycles. The van der Waals surface area contributed by atoms with Crippen molar-refractivity contribution in [1.29, 1.82) is 0 Å². The van der Waals surface area contributed by atoms with Crippen LogP contribution >= 0.6 is 0 Å². The van der Waals surface area contributed by atoms with Gasteiger partial charge in [-0.1, -0.05) is 11.2 Å². The average molecular weight is 257 g/mol. The summed E-state index contributed by atoms with van der Waals surface area (Å²) < 4.78 is 5.20. The Balaban J connectivity index is 1.64. The molecule has 19 heavy (non-hydrogen) atoms. The minimum atomic E-state index is 0.418. The van der Waals surface area contributed by atoms with Gasteiger partial charge in [-0.2, -0.15) is 0 Å². The quantitative estimate of drug-likeness (QED) is 0.844. The van der Waals surface area contributed by atoms with E-state index in [4.69, 9.17) is 4.52 Å². The van der Waals surface area contributed by atoms with E-state index >= 15 is 0 Å². The Morgan fingerprint density at radius 3 is 3.11 bits per heavy atom. The van der Waals surface area contributed by atoms with Gasteiger partial charge in [-0.3, -0.25) is 9.88 Å². The molecule has 0 bridgehead atoms. The van der Waals surface area contributed by atoms with Crippen molar-refractivity contribution < 1.29 is 4.52 Å². The Bertz CT molecular complexity index is 523. The van der Waals surface area contributed by atoms with Gasteiger partial charge < -0.3 is 4.52 Å². The number of rotatable bonds is 4. The minimum Gasteiger partial charge on any atom is -0.361 e. The summed E-state index contributed by atoms with van der Waals surface area (Å²) in [7, 11) is 0. The van der Waals surface area contributed by atoms with Gasteiger partial charge in [0, 0.05) is 30.9 Å². The van der Waals surface area contributed by atoms with Crippen LogP contribution in [0.15, 0.2) is 35.0 Å². The molecule has 3 rings (SSSR count). The van der Waals surface area contributed by atoms with E-state index in [2.05, 4.69) is 27.2 Å². The number of aromatic nitrogens is 2. The van der Waals surface area contributed by atoms with Crippen molar-refractivity contribution in [2.45, 2.75) is 32.2 Å². The Morgan fingerprint density at radius 1 is 1.42 bits per heavy atom. The second kappa shape index (κ2) is 5.53. The first-order valence-electron chi connectivity index (χ1n) is 6.90. The maximum atomic E-state index is 5.20. The second-order valence-corrected chi connectivity index (χ2v) is 5.13. The van der Waals surface area contributed by atoms with E-state index < -0.39 is 0 Å². The summed E-state index contributed by atoms with van der Waals surface area (Å²) in [6.45, 7) is 4.13. The molecule has 0 spiro atoms. The number of hydrogen-bond donors (Lipinski definition) is 0. The van der Waals surface area contributed by atoms with Gasteiger partial charge in [-0.25, -0.2) is 0 Å². The van der Waals surface area contributed by atoms with Gasteiger partial charge >= 0.3 is 0 Å². The van der Waals surface area contributed by atoms with Crippen LogP contribution in [0.3, 0.4) is 0 Å². The van der Waals surface area contributed by atoms with Crippen LogP contribution in [0.5, 0.6) is 0 Å². The fourth-order valence-electron chi connectivity index (χ4n) is 2.78. The lowest BCUT2D eigenvalue weighted by atomic mass is 10.1. The molecule has 100 valence electrons. The molecule has 0 N–H and O–H groups in total. The molecular weight excluding hydrogens is 238 g/mol. The second-order valence-electron chi connectivity index (χ2n) is 5.13. The molecule has 1 atom stereocenters. The number of hydrogen-bond acceptors (Lipinski definition) is 4. The summed E-state index contributed by atoms with van der Waals surface area (Å²) >= 11 is 0. The van der Waals surface area contributed by atoms with E-state index in [-0.39, 0.29) is 0 Å². The summed E-state index contributed by atoms with van der Waals surface area (Å²) in [5, 5.41) is 4.17. The largest absolute Gasteiger partial charge is 0.361 e.